The summed E-state index contributed by atoms with van der Waals surface area (Å²) < 4.78 is 65.6. The number of halogens is 3. The van der Waals surface area contributed by atoms with E-state index in [1.165, 1.54) is 23.9 Å². The predicted octanol–water partition coefficient (Wildman–Crippen LogP) is 2.73. The van der Waals surface area contributed by atoms with Crippen molar-refractivity contribution < 1.29 is 26.4 Å². The molecule has 3 rings (SSSR count). The predicted molar refractivity (Wildman–Crippen MR) is 98.8 cm³/mol. The molecular formula is C18H17F3N2O3S2. The molecule has 1 aliphatic rings. The number of hydrogen-bond acceptors (Lipinski definition) is 4. The van der Waals surface area contributed by atoms with Gasteiger partial charge in [0.1, 0.15) is 5.82 Å². The minimum atomic E-state index is -3.96. The van der Waals surface area contributed by atoms with Crippen molar-refractivity contribution in [2.24, 2.45) is 0 Å². The van der Waals surface area contributed by atoms with Gasteiger partial charge < -0.3 is 4.90 Å². The number of nitrogens with zero attached hydrogens (tertiary/aromatic N) is 2. The lowest BCUT2D eigenvalue weighted by Crippen LogP contribution is -2.51. The van der Waals surface area contributed by atoms with Crippen molar-refractivity contribution in [1.82, 2.24) is 9.21 Å². The number of carbonyl (C=O) groups is 1. The van der Waals surface area contributed by atoms with Crippen LogP contribution in [0.15, 0.2) is 52.3 Å². The Labute approximate surface area is 165 Å². The number of piperazine rings is 1. The first-order chi connectivity index (χ1) is 13.3. The molecule has 1 fully saturated rings. The molecule has 1 saturated heterocycles. The molecule has 28 heavy (non-hydrogen) atoms. The van der Waals surface area contributed by atoms with Gasteiger partial charge in [-0.25, -0.2) is 21.6 Å². The smallest absolute Gasteiger partial charge is 0.243 e. The van der Waals surface area contributed by atoms with Crippen molar-refractivity contribution >= 4 is 27.7 Å². The van der Waals surface area contributed by atoms with Crippen LogP contribution in [0, 0.1) is 17.5 Å². The molecule has 0 atom stereocenters. The van der Waals surface area contributed by atoms with Crippen LogP contribution in [0.3, 0.4) is 0 Å². The third-order valence-electron chi connectivity index (χ3n) is 4.30. The minimum Gasteiger partial charge on any atom is -0.339 e. The van der Waals surface area contributed by atoms with Gasteiger partial charge in [0, 0.05) is 31.1 Å². The van der Waals surface area contributed by atoms with Crippen LogP contribution in [-0.4, -0.2) is 55.5 Å². The average molecular weight is 430 g/mol. The fourth-order valence-corrected chi connectivity index (χ4v) is 4.97. The van der Waals surface area contributed by atoms with Gasteiger partial charge in [-0.05, 0) is 42.5 Å². The highest BCUT2D eigenvalue weighted by Gasteiger charge is 2.30. The van der Waals surface area contributed by atoms with Gasteiger partial charge in [-0.1, -0.05) is 0 Å². The first-order valence-electron chi connectivity index (χ1n) is 8.39. The first kappa shape index (κ1) is 20.7. The molecule has 0 N–H and O–H groups in total. The second kappa shape index (κ2) is 8.54. The summed E-state index contributed by atoms with van der Waals surface area (Å²) >= 11 is 1.27. The molecule has 0 unspecified atom stereocenters. The van der Waals surface area contributed by atoms with Crippen LogP contribution in [0.1, 0.15) is 0 Å². The molecule has 1 aliphatic heterocycles. The van der Waals surface area contributed by atoms with Crippen molar-refractivity contribution in [3.05, 3.63) is 59.9 Å². The van der Waals surface area contributed by atoms with E-state index >= 15 is 0 Å². The third-order valence-corrected chi connectivity index (χ3v) is 7.19. The summed E-state index contributed by atoms with van der Waals surface area (Å²) in [5, 5.41) is 0. The fourth-order valence-electron chi connectivity index (χ4n) is 2.73. The van der Waals surface area contributed by atoms with Crippen LogP contribution in [0.2, 0.25) is 0 Å². The van der Waals surface area contributed by atoms with Gasteiger partial charge in [0.05, 0.1) is 10.6 Å². The third kappa shape index (κ3) is 4.68. The van der Waals surface area contributed by atoms with Crippen molar-refractivity contribution in [3.63, 3.8) is 0 Å². The summed E-state index contributed by atoms with van der Waals surface area (Å²) in [6.07, 6.45) is 0. The zero-order chi connectivity index (χ0) is 20.3. The number of amides is 1. The average Bonchev–Trinajstić information content (AvgIpc) is 2.69. The van der Waals surface area contributed by atoms with Gasteiger partial charge in [-0.3, -0.25) is 4.79 Å². The zero-order valence-corrected chi connectivity index (χ0v) is 16.3. The Morgan fingerprint density at radius 3 is 2.18 bits per heavy atom. The van der Waals surface area contributed by atoms with Gasteiger partial charge in [0.25, 0.3) is 0 Å². The van der Waals surface area contributed by atoms with E-state index in [1.807, 2.05) is 0 Å². The van der Waals surface area contributed by atoms with Crippen molar-refractivity contribution in [3.8, 4) is 0 Å². The van der Waals surface area contributed by atoms with Gasteiger partial charge in [0.2, 0.25) is 15.9 Å². The number of hydrogen-bond donors (Lipinski definition) is 0. The van der Waals surface area contributed by atoms with Crippen LogP contribution < -0.4 is 0 Å². The second-order valence-electron chi connectivity index (χ2n) is 6.10. The molecule has 0 radical (unpaired) electrons. The molecule has 1 amide bonds. The van der Waals surface area contributed by atoms with Crippen LogP contribution in [0.25, 0.3) is 0 Å². The molecule has 0 aromatic heterocycles. The molecule has 0 saturated carbocycles. The van der Waals surface area contributed by atoms with E-state index in [9.17, 15) is 26.4 Å². The van der Waals surface area contributed by atoms with Gasteiger partial charge in [-0.15, -0.1) is 11.8 Å². The van der Waals surface area contributed by atoms with E-state index in [2.05, 4.69) is 0 Å². The summed E-state index contributed by atoms with van der Waals surface area (Å²) in [5.41, 5.74) is 0. The van der Waals surface area contributed by atoms with E-state index < -0.39 is 21.7 Å². The molecule has 0 bridgehead atoms. The maximum atomic E-state index is 13.4. The number of rotatable bonds is 5. The van der Waals surface area contributed by atoms with Crippen LogP contribution in [-0.2, 0) is 14.8 Å². The van der Waals surface area contributed by atoms with E-state index in [-0.39, 0.29) is 48.6 Å². The molecule has 1 heterocycles. The Kier molecular flexibility index (Phi) is 6.31. The molecule has 0 spiro atoms. The molecule has 10 heteroatoms. The van der Waals surface area contributed by atoms with E-state index in [0.29, 0.717) is 6.07 Å². The van der Waals surface area contributed by atoms with Gasteiger partial charge in [0.15, 0.2) is 11.6 Å². The Hall–Kier alpha value is -2.04. The molecule has 5 nitrogen and oxygen atoms in total. The Bertz CT molecular complexity index is 961. The number of thioether (sulfide) groups is 1. The second-order valence-corrected chi connectivity index (χ2v) is 9.09. The molecular weight excluding hydrogens is 413 g/mol. The molecule has 0 aliphatic carbocycles. The van der Waals surface area contributed by atoms with Gasteiger partial charge >= 0.3 is 0 Å². The molecule has 2 aromatic carbocycles. The van der Waals surface area contributed by atoms with Crippen LogP contribution in [0.5, 0.6) is 0 Å². The van der Waals surface area contributed by atoms with Crippen molar-refractivity contribution in [2.45, 2.75) is 9.79 Å². The Morgan fingerprint density at radius 2 is 1.57 bits per heavy atom. The Morgan fingerprint density at radius 1 is 0.929 bits per heavy atom. The topological polar surface area (TPSA) is 57.7 Å². The number of benzene rings is 2. The summed E-state index contributed by atoms with van der Waals surface area (Å²) in [7, 11) is -3.96. The summed E-state index contributed by atoms with van der Waals surface area (Å²) in [6.45, 7) is 0.528. The standard InChI is InChI=1S/C18H17F3N2O3S2/c19-13-1-3-14(4-2-13)27-12-18(24)22-7-9-23(10-8-22)28(25,26)15-5-6-16(20)17(21)11-15/h1-6,11H,7-10,12H2. The highest BCUT2D eigenvalue weighted by Crippen LogP contribution is 2.22. The summed E-state index contributed by atoms with van der Waals surface area (Å²) in [4.78, 5) is 14.3. The molecule has 2 aromatic rings. The lowest BCUT2D eigenvalue weighted by molar-refractivity contribution is -0.129. The lowest BCUT2D eigenvalue weighted by Gasteiger charge is -2.34. The summed E-state index contributed by atoms with van der Waals surface area (Å²) in [6, 6.07) is 8.24. The Balaban J connectivity index is 1.56. The van der Waals surface area contributed by atoms with E-state index in [4.69, 9.17) is 0 Å². The number of sulfonamides is 1. The largest absolute Gasteiger partial charge is 0.339 e. The quantitative estimate of drug-likeness (QED) is 0.685. The minimum absolute atomic E-state index is 0.0638. The van der Waals surface area contributed by atoms with Gasteiger partial charge in [-0.2, -0.15) is 4.31 Å². The number of carbonyl (C=O) groups excluding carboxylic acids is 1. The zero-order valence-electron chi connectivity index (χ0n) is 14.6. The normalized spacial score (nSPS) is 15.6. The highest BCUT2D eigenvalue weighted by atomic mass is 32.2. The van der Waals surface area contributed by atoms with E-state index in [0.717, 1.165) is 21.3 Å². The monoisotopic (exact) mass is 430 g/mol. The van der Waals surface area contributed by atoms with E-state index in [1.54, 1.807) is 17.0 Å². The SMILES string of the molecule is O=C(CSc1ccc(F)cc1)N1CCN(S(=O)(=O)c2ccc(F)c(F)c2)CC1. The molecule has 150 valence electrons. The summed E-state index contributed by atoms with van der Waals surface area (Å²) in [5.74, 6) is -2.70. The maximum Gasteiger partial charge on any atom is 0.243 e. The first-order valence-corrected chi connectivity index (χ1v) is 10.8. The fraction of sp³-hybridized carbons (Fsp3) is 0.278. The van der Waals surface area contributed by atoms with Crippen LogP contribution in [0.4, 0.5) is 13.2 Å². The maximum absolute atomic E-state index is 13.4. The van der Waals surface area contributed by atoms with Crippen molar-refractivity contribution in [1.29, 1.82) is 0 Å². The van der Waals surface area contributed by atoms with Crippen molar-refractivity contribution in [2.75, 3.05) is 31.9 Å². The lowest BCUT2D eigenvalue weighted by atomic mass is 10.3. The van der Waals surface area contributed by atoms with Crippen LogP contribution >= 0.6 is 11.8 Å². The highest BCUT2D eigenvalue weighted by molar-refractivity contribution is 8.00.